The topological polar surface area (TPSA) is 96.7 Å². The zero-order valence-corrected chi connectivity index (χ0v) is 22.7. The Labute approximate surface area is 229 Å². The molecule has 2 N–H and O–H groups in total. The summed E-state index contributed by atoms with van der Waals surface area (Å²) in [7, 11) is 0. The van der Waals surface area contributed by atoms with Crippen molar-refractivity contribution in [2.75, 3.05) is 32.8 Å². The summed E-state index contributed by atoms with van der Waals surface area (Å²) >= 11 is 0. The molecular weight excluding hydrogens is 492 g/mol. The number of aromatic hydroxyl groups is 1. The fourth-order valence-electron chi connectivity index (χ4n) is 5.98. The molecule has 3 aliphatic rings. The third-order valence-corrected chi connectivity index (χ3v) is 8.69. The summed E-state index contributed by atoms with van der Waals surface area (Å²) < 4.78 is 7.02. The van der Waals surface area contributed by atoms with Crippen molar-refractivity contribution < 1.29 is 14.6 Å². The van der Waals surface area contributed by atoms with Gasteiger partial charge in [0.05, 0.1) is 18.6 Å². The van der Waals surface area contributed by atoms with E-state index in [-0.39, 0.29) is 17.4 Å². The van der Waals surface area contributed by atoms with Gasteiger partial charge >= 0.3 is 0 Å². The normalized spacial score (nSPS) is 22.2. The summed E-state index contributed by atoms with van der Waals surface area (Å²) in [5, 5.41) is 14.8. The Hall–Kier alpha value is -3.23. The summed E-state index contributed by atoms with van der Waals surface area (Å²) in [5.74, 6) is 0.529. The lowest BCUT2D eigenvalue weighted by molar-refractivity contribution is 0.0364. The van der Waals surface area contributed by atoms with Gasteiger partial charge in [-0.05, 0) is 67.6 Å². The second-order valence-corrected chi connectivity index (χ2v) is 11.6. The van der Waals surface area contributed by atoms with E-state index in [0.717, 1.165) is 49.9 Å². The van der Waals surface area contributed by atoms with Crippen LogP contribution in [0, 0.1) is 5.92 Å². The minimum atomic E-state index is -0.502. The molecule has 3 heterocycles. The van der Waals surface area contributed by atoms with E-state index in [9.17, 15) is 14.7 Å². The molecule has 1 saturated heterocycles. The molecule has 0 spiro atoms. The van der Waals surface area contributed by atoms with Gasteiger partial charge in [-0.2, -0.15) is 0 Å². The van der Waals surface area contributed by atoms with Gasteiger partial charge in [-0.25, -0.2) is 4.98 Å². The van der Waals surface area contributed by atoms with E-state index < -0.39 is 11.5 Å². The van der Waals surface area contributed by atoms with Gasteiger partial charge in [0.15, 0.2) is 0 Å². The predicted molar refractivity (Wildman–Crippen MR) is 151 cm³/mol. The van der Waals surface area contributed by atoms with Crippen molar-refractivity contribution in [2.45, 2.75) is 64.0 Å². The maximum Gasteiger partial charge on any atom is 0.268 e. The molecule has 0 atom stereocenters. The van der Waals surface area contributed by atoms with Crippen molar-refractivity contribution in [3.8, 4) is 16.9 Å². The summed E-state index contributed by atoms with van der Waals surface area (Å²) in [6.07, 6.45) is 8.11. The molecule has 39 heavy (non-hydrogen) atoms. The van der Waals surface area contributed by atoms with Gasteiger partial charge in [0.2, 0.25) is 0 Å². The smallest absolute Gasteiger partial charge is 0.268 e. The quantitative estimate of drug-likeness (QED) is 0.473. The van der Waals surface area contributed by atoms with Gasteiger partial charge in [0, 0.05) is 44.0 Å². The van der Waals surface area contributed by atoms with Crippen LogP contribution in [0.1, 0.15) is 67.3 Å². The first-order valence-electron chi connectivity index (χ1n) is 14.4. The highest BCUT2D eigenvalue weighted by atomic mass is 16.5. The number of ether oxygens (including phenoxy) is 1. The minimum absolute atomic E-state index is 0.0134. The lowest BCUT2D eigenvalue weighted by atomic mass is 9.87. The monoisotopic (exact) mass is 530 g/mol. The van der Waals surface area contributed by atoms with Gasteiger partial charge in [-0.1, -0.05) is 31.2 Å². The minimum Gasteiger partial charge on any atom is -0.506 e. The number of fused-ring (bicyclic) bond motifs is 1. The number of carbonyl (C=O) groups excluding carboxylic acids is 1. The Morgan fingerprint density at radius 1 is 1.03 bits per heavy atom. The fourth-order valence-corrected chi connectivity index (χ4v) is 5.98. The third kappa shape index (κ3) is 5.58. The van der Waals surface area contributed by atoms with Crippen LogP contribution in [0.25, 0.3) is 22.2 Å². The standard InChI is InChI=1S/C31H38N4O4/c1-20-2-10-25(11-3-20)33-30(37)27-28(36)26-18-24(23-8-6-22(7-9-23)21-4-5-21)19-32-29(26)35(31(27)38)13-12-34-14-16-39-17-15-34/h6-9,18-21,25,36H,2-5,10-17H2,1H3,(H,33,37). The van der Waals surface area contributed by atoms with Crippen LogP contribution in [0.5, 0.6) is 5.75 Å². The number of aromatic nitrogens is 2. The van der Waals surface area contributed by atoms with Crippen molar-refractivity contribution in [1.82, 2.24) is 19.8 Å². The van der Waals surface area contributed by atoms with Crippen LogP contribution in [0.2, 0.25) is 0 Å². The van der Waals surface area contributed by atoms with Gasteiger partial charge < -0.3 is 15.2 Å². The number of hydrogen-bond acceptors (Lipinski definition) is 6. The summed E-state index contributed by atoms with van der Waals surface area (Å²) in [6, 6.07) is 10.3. The molecule has 0 bridgehead atoms. The molecule has 2 saturated carbocycles. The van der Waals surface area contributed by atoms with Gasteiger partial charge in [-0.3, -0.25) is 19.1 Å². The largest absolute Gasteiger partial charge is 0.506 e. The van der Waals surface area contributed by atoms with Crippen LogP contribution in [0.4, 0.5) is 0 Å². The second kappa shape index (κ2) is 11.1. The first kappa shape index (κ1) is 26.0. The molecule has 0 radical (unpaired) electrons. The summed E-state index contributed by atoms with van der Waals surface area (Å²) in [4.78, 5) is 34.1. The molecule has 3 fully saturated rings. The number of benzene rings is 1. The van der Waals surface area contributed by atoms with Crippen LogP contribution in [0.3, 0.4) is 0 Å². The average molecular weight is 531 g/mol. The number of rotatable bonds is 7. The van der Waals surface area contributed by atoms with E-state index in [1.165, 1.54) is 18.4 Å². The molecule has 6 rings (SSSR count). The highest BCUT2D eigenvalue weighted by molar-refractivity contribution is 6.02. The maximum atomic E-state index is 13.7. The fraction of sp³-hybridized carbons (Fsp3) is 0.516. The molecule has 8 heteroatoms. The Bertz CT molecular complexity index is 1400. The zero-order valence-electron chi connectivity index (χ0n) is 22.7. The zero-order chi connectivity index (χ0) is 26.9. The van der Waals surface area contributed by atoms with Crippen molar-refractivity contribution in [1.29, 1.82) is 0 Å². The number of nitrogens with one attached hydrogen (secondary N) is 1. The van der Waals surface area contributed by atoms with E-state index >= 15 is 0 Å². The first-order valence-corrected chi connectivity index (χ1v) is 14.4. The number of carbonyl (C=O) groups is 1. The van der Waals surface area contributed by atoms with Crippen LogP contribution >= 0.6 is 0 Å². The highest BCUT2D eigenvalue weighted by Crippen LogP contribution is 2.40. The van der Waals surface area contributed by atoms with E-state index in [2.05, 4.69) is 46.4 Å². The number of nitrogens with zero attached hydrogens (tertiary/aromatic N) is 3. The highest BCUT2D eigenvalue weighted by Gasteiger charge is 2.27. The molecule has 1 amide bonds. The number of morpholine rings is 1. The lowest BCUT2D eigenvalue weighted by Crippen LogP contribution is -2.42. The first-order chi connectivity index (χ1) is 19.0. The van der Waals surface area contributed by atoms with Crippen LogP contribution in [-0.4, -0.2) is 64.4 Å². The van der Waals surface area contributed by atoms with Gasteiger partial charge in [-0.15, -0.1) is 0 Å². The van der Waals surface area contributed by atoms with Crippen LogP contribution in [-0.2, 0) is 11.3 Å². The number of pyridine rings is 2. The summed E-state index contributed by atoms with van der Waals surface area (Å²) in [6.45, 7) is 6.17. The number of hydrogen-bond donors (Lipinski definition) is 2. The third-order valence-electron chi connectivity index (χ3n) is 8.69. The van der Waals surface area contributed by atoms with E-state index in [1.54, 1.807) is 10.8 Å². The summed E-state index contributed by atoms with van der Waals surface area (Å²) in [5.41, 5.74) is 2.89. The number of amides is 1. The Morgan fingerprint density at radius 2 is 1.74 bits per heavy atom. The second-order valence-electron chi connectivity index (χ2n) is 11.6. The average Bonchev–Trinajstić information content (AvgIpc) is 3.81. The molecule has 0 unspecified atom stereocenters. The van der Waals surface area contributed by atoms with E-state index in [1.807, 2.05) is 6.07 Å². The lowest BCUT2D eigenvalue weighted by Gasteiger charge is -2.28. The van der Waals surface area contributed by atoms with Crippen molar-refractivity contribution in [3.63, 3.8) is 0 Å². The van der Waals surface area contributed by atoms with Crippen LogP contribution < -0.4 is 10.9 Å². The molecular formula is C31H38N4O4. The molecule has 1 aliphatic heterocycles. The molecule has 2 aliphatic carbocycles. The SMILES string of the molecule is CC1CCC(NC(=O)c2c(O)c3cc(-c4ccc(C5CC5)cc4)cnc3n(CCN3CCOCC3)c2=O)CC1. The Morgan fingerprint density at radius 3 is 2.44 bits per heavy atom. The maximum absolute atomic E-state index is 13.7. The molecule has 2 aromatic heterocycles. The van der Waals surface area contributed by atoms with E-state index in [0.29, 0.717) is 49.2 Å². The predicted octanol–water partition coefficient (Wildman–Crippen LogP) is 4.29. The van der Waals surface area contributed by atoms with Gasteiger partial charge in [0.1, 0.15) is 17.0 Å². The Balaban J connectivity index is 1.37. The van der Waals surface area contributed by atoms with Gasteiger partial charge in [0.25, 0.3) is 11.5 Å². The Kier molecular flexibility index (Phi) is 7.40. The van der Waals surface area contributed by atoms with Crippen molar-refractivity contribution in [3.05, 3.63) is 58.0 Å². The molecule has 1 aromatic carbocycles. The van der Waals surface area contributed by atoms with Crippen molar-refractivity contribution >= 4 is 16.9 Å². The molecule has 3 aromatic rings. The van der Waals surface area contributed by atoms with E-state index in [4.69, 9.17) is 4.74 Å². The van der Waals surface area contributed by atoms with Crippen LogP contribution in [0.15, 0.2) is 41.3 Å². The molecule has 206 valence electrons. The van der Waals surface area contributed by atoms with Crippen molar-refractivity contribution in [2.24, 2.45) is 5.92 Å². The molecule has 8 nitrogen and oxygen atoms in total.